The zero-order valence-corrected chi connectivity index (χ0v) is 11.4. The number of amides is 1. The van der Waals surface area contributed by atoms with Crippen molar-refractivity contribution in [3.63, 3.8) is 0 Å². The first kappa shape index (κ1) is 15.4. The van der Waals surface area contributed by atoms with Crippen LogP contribution in [0.15, 0.2) is 18.2 Å². The maximum atomic E-state index is 12.1. The van der Waals surface area contributed by atoms with E-state index in [1.807, 2.05) is 0 Å². The van der Waals surface area contributed by atoms with E-state index in [-0.39, 0.29) is 16.3 Å². The Morgan fingerprint density at radius 2 is 2.21 bits per heavy atom. The Balaban J connectivity index is 2.96. The van der Waals surface area contributed by atoms with Crippen LogP contribution in [0.2, 0.25) is 5.02 Å². The fourth-order valence-electron chi connectivity index (χ4n) is 1.52. The van der Waals surface area contributed by atoms with Gasteiger partial charge in [0.15, 0.2) is 0 Å². The first-order chi connectivity index (χ1) is 8.82. The molecule has 0 aliphatic rings. The molecule has 1 N–H and O–H groups in total. The number of nitrogens with zero attached hydrogens (tertiary/aromatic N) is 2. The summed E-state index contributed by atoms with van der Waals surface area (Å²) >= 11 is 5.69. The third-order valence-electron chi connectivity index (χ3n) is 2.62. The molecule has 1 unspecified atom stereocenters. The molecule has 0 radical (unpaired) electrons. The highest BCUT2D eigenvalue weighted by atomic mass is 35.5. The Morgan fingerprint density at radius 1 is 1.58 bits per heavy atom. The van der Waals surface area contributed by atoms with Crippen LogP contribution in [0.5, 0.6) is 0 Å². The molecular formula is C12H15ClN2O4. The van der Waals surface area contributed by atoms with E-state index in [9.17, 15) is 14.9 Å². The van der Waals surface area contributed by atoms with Crippen LogP contribution in [0.25, 0.3) is 0 Å². The summed E-state index contributed by atoms with van der Waals surface area (Å²) in [5.41, 5.74) is -0.330. The Hall–Kier alpha value is -1.66. The van der Waals surface area contributed by atoms with Crippen molar-refractivity contribution in [3.8, 4) is 0 Å². The number of aliphatic hydroxyl groups is 1. The predicted octanol–water partition coefficient (Wildman–Crippen LogP) is 2.09. The van der Waals surface area contributed by atoms with Gasteiger partial charge in [0.1, 0.15) is 5.56 Å². The van der Waals surface area contributed by atoms with E-state index < -0.39 is 16.9 Å². The van der Waals surface area contributed by atoms with Crippen LogP contribution in [0, 0.1) is 10.1 Å². The molecule has 0 saturated heterocycles. The second kappa shape index (κ2) is 6.49. The largest absolute Gasteiger partial charge is 0.393 e. The molecule has 0 aliphatic heterocycles. The van der Waals surface area contributed by atoms with Crippen molar-refractivity contribution in [1.29, 1.82) is 0 Å². The van der Waals surface area contributed by atoms with E-state index in [4.69, 9.17) is 16.7 Å². The summed E-state index contributed by atoms with van der Waals surface area (Å²) in [5.74, 6) is -0.469. The molecule has 0 saturated carbocycles. The Morgan fingerprint density at radius 3 is 2.74 bits per heavy atom. The van der Waals surface area contributed by atoms with Crippen LogP contribution >= 0.6 is 11.6 Å². The lowest BCUT2D eigenvalue weighted by atomic mass is 10.1. The average Bonchev–Trinajstić information content (AvgIpc) is 2.34. The smallest absolute Gasteiger partial charge is 0.283 e. The average molecular weight is 287 g/mol. The molecular weight excluding hydrogens is 272 g/mol. The van der Waals surface area contributed by atoms with Crippen molar-refractivity contribution >= 4 is 23.2 Å². The minimum atomic E-state index is -0.637. The van der Waals surface area contributed by atoms with Crippen LogP contribution in [-0.4, -0.2) is 40.5 Å². The number of aliphatic hydroxyl groups excluding tert-OH is 1. The number of nitro groups is 1. The Labute approximate surface area is 115 Å². The third kappa shape index (κ3) is 4.18. The molecule has 0 fully saturated rings. The van der Waals surface area contributed by atoms with Gasteiger partial charge in [-0.25, -0.2) is 0 Å². The number of nitro benzene ring substituents is 1. The lowest BCUT2D eigenvalue weighted by Gasteiger charge is -2.18. The number of rotatable bonds is 5. The maximum absolute atomic E-state index is 12.1. The number of hydrogen-bond donors (Lipinski definition) is 1. The summed E-state index contributed by atoms with van der Waals surface area (Å²) in [4.78, 5) is 23.7. The first-order valence-electron chi connectivity index (χ1n) is 5.70. The topological polar surface area (TPSA) is 83.7 Å². The van der Waals surface area contributed by atoms with Gasteiger partial charge in [0.25, 0.3) is 11.6 Å². The van der Waals surface area contributed by atoms with Crippen molar-refractivity contribution < 1.29 is 14.8 Å². The second-order valence-corrected chi connectivity index (χ2v) is 4.72. The zero-order chi connectivity index (χ0) is 14.6. The molecule has 1 rings (SSSR count). The van der Waals surface area contributed by atoms with E-state index in [2.05, 4.69) is 0 Å². The van der Waals surface area contributed by atoms with Gasteiger partial charge in [-0.15, -0.1) is 0 Å². The van der Waals surface area contributed by atoms with E-state index in [1.165, 1.54) is 24.1 Å². The van der Waals surface area contributed by atoms with Gasteiger partial charge in [0.05, 0.1) is 11.0 Å². The van der Waals surface area contributed by atoms with E-state index in [0.29, 0.717) is 13.0 Å². The van der Waals surface area contributed by atoms with Crippen LogP contribution in [0.4, 0.5) is 5.69 Å². The highest BCUT2D eigenvalue weighted by molar-refractivity contribution is 6.31. The molecule has 0 aromatic heterocycles. The van der Waals surface area contributed by atoms with Gasteiger partial charge in [0.2, 0.25) is 0 Å². The van der Waals surface area contributed by atoms with Gasteiger partial charge in [-0.05, 0) is 25.5 Å². The quantitative estimate of drug-likeness (QED) is 0.663. The second-order valence-electron chi connectivity index (χ2n) is 4.28. The van der Waals surface area contributed by atoms with Crippen LogP contribution < -0.4 is 0 Å². The van der Waals surface area contributed by atoms with Crippen LogP contribution in [-0.2, 0) is 0 Å². The van der Waals surface area contributed by atoms with Gasteiger partial charge in [0, 0.05) is 24.7 Å². The highest BCUT2D eigenvalue weighted by Gasteiger charge is 2.23. The minimum absolute atomic E-state index is 0.0116. The lowest BCUT2D eigenvalue weighted by Crippen LogP contribution is -2.29. The Bertz CT molecular complexity index is 491. The van der Waals surface area contributed by atoms with Gasteiger partial charge in [-0.3, -0.25) is 14.9 Å². The number of halogens is 1. The van der Waals surface area contributed by atoms with E-state index in [1.54, 1.807) is 6.92 Å². The zero-order valence-electron chi connectivity index (χ0n) is 10.7. The van der Waals surface area contributed by atoms with Gasteiger partial charge in [-0.2, -0.15) is 0 Å². The van der Waals surface area contributed by atoms with E-state index >= 15 is 0 Å². The third-order valence-corrected chi connectivity index (χ3v) is 2.85. The predicted molar refractivity (Wildman–Crippen MR) is 71.4 cm³/mol. The van der Waals surface area contributed by atoms with Crippen molar-refractivity contribution in [2.75, 3.05) is 13.6 Å². The Kier molecular flexibility index (Phi) is 5.26. The van der Waals surface area contributed by atoms with Gasteiger partial charge in [-0.1, -0.05) is 11.6 Å². The monoisotopic (exact) mass is 286 g/mol. The summed E-state index contributed by atoms with van der Waals surface area (Å²) in [5, 5.41) is 20.3. The lowest BCUT2D eigenvalue weighted by molar-refractivity contribution is -0.385. The van der Waals surface area contributed by atoms with Crippen molar-refractivity contribution in [1.82, 2.24) is 4.90 Å². The number of hydrogen-bond acceptors (Lipinski definition) is 4. The standard InChI is InChI=1S/C12H15ClN2O4/c1-8(16)5-6-14(2)12(17)10-4-3-9(13)7-11(10)15(18)19/h3-4,7-8,16H,5-6H2,1-2H3. The van der Waals surface area contributed by atoms with Gasteiger partial charge >= 0.3 is 0 Å². The molecule has 6 nitrogen and oxygen atoms in total. The van der Waals surface area contributed by atoms with Gasteiger partial charge < -0.3 is 10.0 Å². The summed E-state index contributed by atoms with van der Waals surface area (Å²) in [6.07, 6.45) is -0.126. The van der Waals surface area contributed by atoms with Crippen LogP contribution in [0.3, 0.4) is 0 Å². The van der Waals surface area contributed by atoms with Crippen molar-refractivity contribution in [2.45, 2.75) is 19.4 Å². The molecule has 0 bridgehead atoms. The first-order valence-corrected chi connectivity index (χ1v) is 6.08. The molecule has 1 amide bonds. The maximum Gasteiger partial charge on any atom is 0.283 e. The molecule has 19 heavy (non-hydrogen) atoms. The number of carbonyl (C=O) groups is 1. The molecule has 1 aromatic carbocycles. The molecule has 7 heteroatoms. The fourth-order valence-corrected chi connectivity index (χ4v) is 1.69. The molecule has 0 spiro atoms. The van der Waals surface area contributed by atoms with Crippen molar-refractivity contribution in [3.05, 3.63) is 38.9 Å². The van der Waals surface area contributed by atoms with Crippen molar-refractivity contribution in [2.24, 2.45) is 0 Å². The summed E-state index contributed by atoms with van der Waals surface area (Å²) in [7, 11) is 1.53. The number of carbonyl (C=O) groups excluding carboxylic acids is 1. The number of benzene rings is 1. The molecule has 1 aromatic rings. The summed E-state index contributed by atoms with van der Waals surface area (Å²) in [6.45, 7) is 1.93. The fraction of sp³-hybridized carbons (Fsp3) is 0.417. The summed E-state index contributed by atoms with van der Waals surface area (Å²) < 4.78 is 0. The SMILES string of the molecule is CC(O)CCN(C)C(=O)c1ccc(Cl)cc1[N+](=O)[O-]. The molecule has 0 aliphatic carbocycles. The minimum Gasteiger partial charge on any atom is -0.393 e. The summed E-state index contributed by atoms with van der Waals surface area (Å²) in [6, 6.07) is 3.92. The van der Waals surface area contributed by atoms with E-state index in [0.717, 1.165) is 6.07 Å². The van der Waals surface area contributed by atoms with Crippen LogP contribution in [0.1, 0.15) is 23.7 Å². The normalized spacial score (nSPS) is 12.0. The highest BCUT2D eigenvalue weighted by Crippen LogP contribution is 2.24. The molecule has 1 atom stereocenters. The molecule has 104 valence electrons. The molecule has 0 heterocycles.